The van der Waals surface area contributed by atoms with E-state index in [0.717, 1.165) is 31.0 Å². The molecule has 0 spiro atoms. The normalized spacial score (nSPS) is 20.3. The molecule has 0 saturated carbocycles. The van der Waals surface area contributed by atoms with Crippen LogP contribution < -0.4 is 5.32 Å². The maximum absolute atomic E-state index is 12.1. The van der Waals surface area contributed by atoms with Gasteiger partial charge < -0.3 is 10.1 Å². The van der Waals surface area contributed by atoms with Gasteiger partial charge in [0, 0.05) is 30.8 Å². The average Bonchev–Trinajstić information content (AvgIpc) is 3.06. The SMILES string of the molecule is Cc1ncc(CN(C)[C@H](C)C(=O)NC[C@H]2CCCO2)s1. The fourth-order valence-corrected chi connectivity index (χ4v) is 3.09. The minimum absolute atomic E-state index is 0.0595. The number of aromatic nitrogens is 1. The molecule has 1 amide bonds. The lowest BCUT2D eigenvalue weighted by Crippen LogP contribution is -2.44. The van der Waals surface area contributed by atoms with Gasteiger partial charge in [-0.1, -0.05) is 0 Å². The monoisotopic (exact) mass is 297 g/mol. The van der Waals surface area contributed by atoms with Crippen molar-refractivity contribution in [2.24, 2.45) is 0 Å². The summed E-state index contributed by atoms with van der Waals surface area (Å²) in [4.78, 5) is 19.6. The number of nitrogens with zero attached hydrogens (tertiary/aromatic N) is 2. The van der Waals surface area contributed by atoms with Crippen molar-refractivity contribution in [1.82, 2.24) is 15.2 Å². The highest BCUT2D eigenvalue weighted by Gasteiger charge is 2.21. The summed E-state index contributed by atoms with van der Waals surface area (Å²) in [6.45, 7) is 6.11. The first-order chi connectivity index (χ1) is 9.56. The maximum atomic E-state index is 12.1. The van der Waals surface area contributed by atoms with Crippen LogP contribution in [0.4, 0.5) is 0 Å². The highest BCUT2D eigenvalue weighted by atomic mass is 32.1. The molecule has 2 heterocycles. The highest BCUT2D eigenvalue weighted by Crippen LogP contribution is 2.15. The summed E-state index contributed by atoms with van der Waals surface area (Å²) in [6.07, 6.45) is 4.22. The molecule has 2 rings (SSSR count). The van der Waals surface area contributed by atoms with Crippen LogP contribution in [0.2, 0.25) is 0 Å². The van der Waals surface area contributed by atoms with Crippen LogP contribution in [0.25, 0.3) is 0 Å². The van der Waals surface area contributed by atoms with Crippen LogP contribution in [0, 0.1) is 6.92 Å². The third-order valence-electron chi connectivity index (χ3n) is 3.64. The van der Waals surface area contributed by atoms with Crippen LogP contribution in [0.5, 0.6) is 0 Å². The van der Waals surface area contributed by atoms with Crippen LogP contribution in [0.1, 0.15) is 29.7 Å². The number of amides is 1. The zero-order chi connectivity index (χ0) is 14.5. The number of carbonyl (C=O) groups is 1. The fraction of sp³-hybridized carbons (Fsp3) is 0.714. The number of hydrogen-bond donors (Lipinski definition) is 1. The number of ether oxygens (including phenoxy) is 1. The second-order valence-corrected chi connectivity index (χ2v) is 6.64. The van der Waals surface area contributed by atoms with Gasteiger partial charge in [-0.25, -0.2) is 4.98 Å². The van der Waals surface area contributed by atoms with E-state index in [2.05, 4.69) is 10.3 Å². The predicted octanol–water partition coefficient (Wildman–Crippen LogP) is 1.57. The van der Waals surface area contributed by atoms with Crippen molar-refractivity contribution in [2.75, 3.05) is 20.2 Å². The summed E-state index contributed by atoms with van der Waals surface area (Å²) in [5.41, 5.74) is 0. The summed E-state index contributed by atoms with van der Waals surface area (Å²) < 4.78 is 5.51. The van der Waals surface area contributed by atoms with Gasteiger partial charge in [-0.05, 0) is 33.7 Å². The zero-order valence-electron chi connectivity index (χ0n) is 12.4. The van der Waals surface area contributed by atoms with Crippen LogP contribution in [-0.4, -0.2) is 48.1 Å². The molecule has 20 heavy (non-hydrogen) atoms. The Balaban J connectivity index is 1.76. The van der Waals surface area contributed by atoms with E-state index in [-0.39, 0.29) is 18.1 Å². The number of hydrogen-bond acceptors (Lipinski definition) is 5. The van der Waals surface area contributed by atoms with E-state index in [0.29, 0.717) is 6.54 Å². The molecule has 1 aliphatic rings. The van der Waals surface area contributed by atoms with E-state index in [1.807, 2.05) is 32.0 Å². The number of aryl methyl sites for hydroxylation is 1. The molecule has 0 radical (unpaired) electrons. The molecule has 0 aromatic carbocycles. The van der Waals surface area contributed by atoms with Gasteiger partial charge in [0.2, 0.25) is 5.91 Å². The summed E-state index contributed by atoms with van der Waals surface area (Å²) >= 11 is 1.67. The molecule has 1 aromatic rings. The van der Waals surface area contributed by atoms with E-state index in [1.165, 1.54) is 4.88 Å². The Morgan fingerprint density at radius 1 is 1.70 bits per heavy atom. The Labute approximate surface area is 124 Å². The van der Waals surface area contributed by atoms with Crippen LogP contribution in [0.3, 0.4) is 0 Å². The summed E-state index contributed by atoms with van der Waals surface area (Å²) in [5, 5.41) is 4.04. The van der Waals surface area contributed by atoms with Gasteiger partial charge in [-0.3, -0.25) is 9.69 Å². The molecular weight excluding hydrogens is 274 g/mol. The van der Waals surface area contributed by atoms with E-state index in [1.54, 1.807) is 11.3 Å². The minimum atomic E-state index is -0.154. The fourth-order valence-electron chi connectivity index (χ4n) is 2.23. The largest absolute Gasteiger partial charge is 0.376 e. The zero-order valence-corrected chi connectivity index (χ0v) is 13.2. The van der Waals surface area contributed by atoms with Gasteiger partial charge in [0.25, 0.3) is 0 Å². The average molecular weight is 297 g/mol. The molecule has 0 unspecified atom stereocenters. The van der Waals surface area contributed by atoms with E-state index in [4.69, 9.17) is 4.74 Å². The second-order valence-electron chi connectivity index (χ2n) is 5.32. The maximum Gasteiger partial charge on any atom is 0.237 e. The topological polar surface area (TPSA) is 54.5 Å². The first-order valence-corrected chi connectivity index (χ1v) is 7.88. The Kier molecular flexibility index (Phi) is 5.51. The third kappa shape index (κ3) is 4.26. The molecule has 1 saturated heterocycles. The number of rotatable bonds is 6. The molecule has 0 aliphatic carbocycles. The van der Waals surface area contributed by atoms with E-state index >= 15 is 0 Å². The number of likely N-dealkylation sites (N-methyl/N-ethyl adjacent to an activating group) is 1. The van der Waals surface area contributed by atoms with E-state index in [9.17, 15) is 4.79 Å². The second kappa shape index (κ2) is 7.15. The molecule has 1 N–H and O–H groups in total. The molecule has 0 bridgehead atoms. The Hall–Kier alpha value is -0.980. The van der Waals surface area contributed by atoms with E-state index < -0.39 is 0 Å². The first-order valence-electron chi connectivity index (χ1n) is 7.07. The number of carbonyl (C=O) groups excluding carboxylic acids is 1. The van der Waals surface area contributed by atoms with Crippen molar-refractivity contribution in [2.45, 2.75) is 45.4 Å². The highest BCUT2D eigenvalue weighted by molar-refractivity contribution is 7.11. The van der Waals surface area contributed by atoms with Crippen molar-refractivity contribution < 1.29 is 9.53 Å². The molecule has 6 heteroatoms. The van der Waals surface area contributed by atoms with Gasteiger partial charge in [0.15, 0.2) is 0 Å². The predicted molar refractivity (Wildman–Crippen MR) is 79.8 cm³/mol. The first kappa shape index (κ1) is 15.4. The van der Waals surface area contributed by atoms with Crippen molar-refractivity contribution in [3.8, 4) is 0 Å². The van der Waals surface area contributed by atoms with Crippen LogP contribution >= 0.6 is 11.3 Å². The summed E-state index contributed by atoms with van der Waals surface area (Å²) in [6, 6.07) is -0.154. The lowest BCUT2D eigenvalue weighted by Gasteiger charge is -2.23. The molecule has 112 valence electrons. The van der Waals surface area contributed by atoms with Crippen molar-refractivity contribution in [3.63, 3.8) is 0 Å². The quantitative estimate of drug-likeness (QED) is 0.866. The van der Waals surface area contributed by atoms with Gasteiger partial charge in [0.05, 0.1) is 17.2 Å². The standard InChI is InChI=1S/C14H23N3O2S/c1-10(14(18)16-7-12-5-4-6-19-12)17(3)9-13-8-15-11(2)20-13/h8,10,12H,4-7,9H2,1-3H3,(H,16,18)/t10-,12-/m1/s1. The third-order valence-corrected chi connectivity index (χ3v) is 4.54. The minimum Gasteiger partial charge on any atom is -0.376 e. The Bertz CT molecular complexity index is 443. The van der Waals surface area contributed by atoms with Gasteiger partial charge in [-0.15, -0.1) is 11.3 Å². The molecule has 1 aliphatic heterocycles. The molecule has 1 aromatic heterocycles. The lowest BCUT2D eigenvalue weighted by atomic mass is 10.2. The van der Waals surface area contributed by atoms with Crippen molar-refractivity contribution in [3.05, 3.63) is 16.1 Å². The van der Waals surface area contributed by atoms with Gasteiger partial charge in [0.1, 0.15) is 0 Å². The van der Waals surface area contributed by atoms with Crippen LogP contribution in [-0.2, 0) is 16.1 Å². The smallest absolute Gasteiger partial charge is 0.237 e. The van der Waals surface area contributed by atoms with Crippen molar-refractivity contribution in [1.29, 1.82) is 0 Å². The van der Waals surface area contributed by atoms with Gasteiger partial charge >= 0.3 is 0 Å². The van der Waals surface area contributed by atoms with Crippen LogP contribution in [0.15, 0.2) is 6.20 Å². The molecule has 2 atom stereocenters. The Morgan fingerprint density at radius 2 is 2.50 bits per heavy atom. The number of nitrogens with one attached hydrogen (secondary N) is 1. The Morgan fingerprint density at radius 3 is 3.10 bits per heavy atom. The van der Waals surface area contributed by atoms with Crippen molar-refractivity contribution >= 4 is 17.2 Å². The molecular formula is C14H23N3O2S. The summed E-state index contributed by atoms with van der Waals surface area (Å²) in [5.74, 6) is 0.0595. The van der Waals surface area contributed by atoms with Gasteiger partial charge in [-0.2, -0.15) is 0 Å². The summed E-state index contributed by atoms with van der Waals surface area (Å²) in [7, 11) is 1.96. The molecule has 1 fully saturated rings. The molecule has 5 nitrogen and oxygen atoms in total. The number of thiazole rings is 1. The lowest BCUT2D eigenvalue weighted by molar-refractivity contribution is -0.126.